The molecule has 1 rings (SSSR count). The fourth-order valence-electron chi connectivity index (χ4n) is 0.971. The summed E-state index contributed by atoms with van der Waals surface area (Å²) in [5.41, 5.74) is 0. The van der Waals surface area contributed by atoms with Gasteiger partial charge in [-0.05, 0) is 0 Å². The van der Waals surface area contributed by atoms with Crippen molar-refractivity contribution in [1.29, 1.82) is 0 Å². The van der Waals surface area contributed by atoms with Crippen molar-refractivity contribution in [2.45, 2.75) is 18.8 Å². The quantitative estimate of drug-likeness (QED) is 0.558. The van der Waals surface area contributed by atoms with Gasteiger partial charge < -0.3 is 14.2 Å². The summed E-state index contributed by atoms with van der Waals surface area (Å²) in [5, 5.41) is 0. The molecule has 1 saturated heterocycles. The van der Waals surface area contributed by atoms with E-state index in [-0.39, 0.29) is 12.4 Å². The molecule has 11 heavy (non-hydrogen) atoms. The Hall–Kier alpha value is 0.610. The summed E-state index contributed by atoms with van der Waals surface area (Å²) in [4.78, 5) is 0. The second-order valence-electron chi connectivity index (χ2n) is 2.44. The highest BCUT2D eigenvalue weighted by Gasteiger charge is 2.19. The lowest BCUT2D eigenvalue weighted by Gasteiger charge is -2.17. The molecule has 3 nitrogen and oxygen atoms in total. The summed E-state index contributed by atoms with van der Waals surface area (Å²) >= 11 is 2.29. The van der Waals surface area contributed by atoms with Crippen molar-refractivity contribution in [2.75, 3.05) is 24.8 Å². The van der Waals surface area contributed by atoms with Gasteiger partial charge in [-0.1, -0.05) is 22.6 Å². The van der Waals surface area contributed by atoms with Crippen LogP contribution in [0.3, 0.4) is 0 Å². The number of methoxy groups -OCH3 is 1. The molecule has 4 heteroatoms. The SMILES string of the molecule is COC1CCOCC(CI)O1. The second-order valence-corrected chi connectivity index (χ2v) is 3.32. The van der Waals surface area contributed by atoms with Crippen LogP contribution >= 0.6 is 22.6 Å². The molecule has 1 fully saturated rings. The van der Waals surface area contributed by atoms with Gasteiger partial charge in [0.05, 0.1) is 19.3 Å². The number of ether oxygens (including phenoxy) is 3. The van der Waals surface area contributed by atoms with Crippen molar-refractivity contribution in [3.8, 4) is 0 Å². The Morgan fingerprint density at radius 1 is 1.64 bits per heavy atom. The predicted octanol–water partition coefficient (Wildman–Crippen LogP) is 1.20. The van der Waals surface area contributed by atoms with Gasteiger partial charge in [-0.2, -0.15) is 0 Å². The predicted molar refractivity (Wildman–Crippen MR) is 50.0 cm³/mol. The van der Waals surface area contributed by atoms with Gasteiger partial charge in [-0.3, -0.25) is 0 Å². The fraction of sp³-hybridized carbons (Fsp3) is 1.00. The first-order valence-corrected chi connectivity index (χ1v) is 5.21. The monoisotopic (exact) mass is 272 g/mol. The Kier molecular flexibility index (Phi) is 4.66. The van der Waals surface area contributed by atoms with E-state index >= 15 is 0 Å². The molecule has 0 aliphatic carbocycles. The van der Waals surface area contributed by atoms with Crippen LogP contribution in [0, 0.1) is 0 Å². The smallest absolute Gasteiger partial charge is 0.159 e. The summed E-state index contributed by atoms with van der Waals surface area (Å²) in [5.74, 6) is 0. The lowest BCUT2D eigenvalue weighted by atomic mass is 10.4. The summed E-state index contributed by atoms with van der Waals surface area (Å²) in [6, 6.07) is 0. The third kappa shape index (κ3) is 3.23. The van der Waals surface area contributed by atoms with E-state index in [0.29, 0.717) is 6.61 Å². The van der Waals surface area contributed by atoms with Crippen LogP contribution < -0.4 is 0 Å². The highest BCUT2D eigenvalue weighted by atomic mass is 127. The van der Waals surface area contributed by atoms with Gasteiger partial charge >= 0.3 is 0 Å². The molecule has 2 unspecified atom stereocenters. The van der Waals surface area contributed by atoms with Gasteiger partial charge in [0.1, 0.15) is 0 Å². The Bertz CT molecular complexity index is 97.9. The largest absolute Gasteiger partial charge is 0.379 e. The number of hydrogen-bond donors (Lipinski definition) is 0. The minimum atomic E-state index is -0.0720. The van der Waals surface area contributed by atoms with E-state index in [1.807, 2.05) is 0 Å². The molecule has 0 aromatic heterocycles. The Morgan fingerprint density at radius 2 is 2.45 bits per heavy atom. The molecule has 1 heterocycles. The number of hydrogen-bond acceptors (Lipinski definition) is 3. The van der Waals surface area contributed by atoms with Gasteiger partial charge in [0.15, 0.2) is 6.29 Å². The third-order valence-corrected chi connectivity index (χ3v) is 2.56. The molecule has 1 aliphatic rings. The molecule has 0 radical (unpaired) electrons. The molecule has 0 amide bonds. The van der Waals surface area contributed by atoms with E-state index in [0.717, 1.165) is 17.5 Å². The minimum absolute atomic E-state index is 0.0720. The van der Waals surface area contributed by atoms with Crippen molar-refractivity contribution in [3.05, 3.63) is 0 Å². The van der Waals surface area contributed by atoms with Gasteiger partial charge in [0.25, 0.3) is 0 Å². The van der Waals surface area contributed by atoms with Gasteiger partial charge in [-0.15, -0.1) is 0 Å². The average molecular weight is 272 g/mol. The van der Waals surface area contributed by atoms with Gasteiger partial charge in [0, 0.05) is 18.0 Å². The van der Waals surface area contributed by atoms with E-state index < -0.39 is 0 Å². The highest BCUT2D eigenvalue weighted by molar-refractivity contribution is 14.1. The fourth-order valence-corrected chi connectivity index (χ4v) is 1.43. The van der Waals surface area contributed by atoms with Crippen LogP contribution in [0.4, 0.5) is 0 Å². The molecule has 0 saturated carbocycles. The van der Waals surface area contributed by atoms with E-state index in [1.54, 1.807) is 7.11 Å². The zero-order valence-electron chi connectivity index (χ0n) is 6.59. The van der Waals surface area contributed by atoms with E-state index in [1.165, 1.54) is 0 Å². The highest BCUT2D eigenvalue weighted by Crippen LogP contribution is 2.11. The molecule has 0 bridgehead atoms. The van der Waals surface area contributed by atoms with E-state index in [4.69, 9.17) is 14.2 Å². The van der Waals surface area contributed by atoms with Crippen molar-refractivity contribution in [1.82, 2.24) is 0 Å². The Morgan fingerprint density at radius 3 is 3.09 bits per heavy atom. The molecule has 0 spiro atoms. The lowest BCUT2D eigenvalue weighted by Crippen LogP contribution is -2.25. The first-order chi connectivity index (χ1) is 5.36. The zero-order chi connectivity index (χ0) is 8.10. The van der Waals surface area contributed by atoms with Crippen LogP contribution in [0.25, 0.3) is 0 Å². The van der Waals surface area contributed by atoms with Gasteiger partial charge in [-0.25, -0.2) is 0 Å². The van der Waals surface area contributed by atoms with Crippen molar-refractivity contribution >= 4 is 22.6 Å². The van der Waals surface area contributed by atoms with E-state index in [9.17, 15) is 0 Å². The summed E-state index contributed by atoms with van der Waals surface area (Å²) in [6.07, 6.45) is 0.962. The molecule has 2 atom stereocenters. The first kappa shape index (κ1) is 9.70. The first-order valence-electron chi connectivity index (χ1n) is 3.68. The van der Waals surface area contributed by atoms with Crippen LogP contribution in [0.5, 0.6) is 0 Å². The molecule has 0 aromatic carbocycles. The molecule has 66 valence electrons. The Labute approximate surface area is 80.5 Å². The average Bonchev–Trinajstić information content (AvgIpc) is 2.28. The van der Waals surface area contributed by atoms with Crippen LogP contribution in [0.1, 0.15) is 6.42 Å². The van der Waals surface area contributed by atoms with E-state index in [2.05, 4.69) is 22.6 Å². The summed E-state index contributed by atoms with van der Waals surface area (Å²) < 4.78 is 16.9. The normalized spacial score (nSPS) is 33.3. The van der Waals surface area contributed by atoms with Crippen LogP contribution in [-0.2, 0) is 14.2 Å². The Balaban J connectivity index is 2.33. The molecular weight excluding hydrogens is 259 g/mol. The third-order valence-electron chi connectivity index (χ3n) is 1.58. The number of rotatable bonds is 2. The van der Waals surface area contributed by atoms with Gasteiger partial charge in [0.2, 0.25) is 0 Å². The molecule has 0 N–H and O–H groups in total. The second kappa shape index (κ2) is 5.29. The van der Waals surface area contributed by atoms with Crippen molar-refractivity contribution in [2.24, 2.45) is 0 Å². The number of alkyl halides is 1. The van der Waals surface area contributed by atoms with Crippen LogP contribution in [0.15, 0.2) is 0 Å². The molecule has 1 aliphatic heterocycles. The molecule has 0 aromatic rings. The van der Waals surface area contributed by atoms with Crippen LogP contribution in [0.2, 0.25) is 0 Å². The topological polar surface area (TPSA) is 27.7 Å². The summed E-state index contributed by atoms with van der Waals surface area (Å²) in [6.45, 7) is 1.44. The maximum Gasteiger partial charge on any atom is 0.159 e. The van der Waals surface area contributed by atoms with Crippen molar-refractivity contribution < 1.29 is 14.2 Å². The summed E-state index contributed by atoms with van der Waals surface area (Å²) in [7, 11) is 1.67. The molecular formula is C7H13IO3. The van der Waals surface area contributed by atoms with Crippen molar-refractivity contribution in [3.63, 3.8) is 0 Å². The minimum Gasteiger partial charge on any atom is -0.379 e. The standard InChI is InChI=1S/C7H13IO3/c1-9-7-2-3-10-5-6(4-8)11-7/h6-7H,2-5H2,1H3. The zero-order valence-corrected chi connectivity index (χ0v) is 8.74. The lowest BCUT2D eigenvalue weighted by molar-refractivity contribution is -0.143. The van der Waals surface area contributed by atoms with Crippen LogP contribution in [-0.4, -0.2) is 37.1 Å². The maximum absolute atomic E-state index is 5.56. The maximum atomic E-state index is 5.56. The number of halogens is 1.